The summed E-state index contributed by atoms with van der Waals surface area (Å²) in [6.45, 7) is 2.68. The van der Waals surface area contributed by atoms with E-state index in [0.29, 0.717) is 19.4 Å². The van der Waals surface area contributed by atoms with Crippen LogP contribution in [-0.2, 0) is 24.3 Å². The van der Waals surface area contributed by atoms with Crippen molar-refractivity contribution in [3.8, 4) is 0 Å². The molecular weight excluding hydrogens is 466 g/mol. The second-order valence-electron chi connectivity index (χ2n) is 7.90. The number of rotatable bonds is 8. The summed E-state index contributed by atoms with van der Waals surface area (Å²) in [6, 6.07) is 13.8. The summed E-state index contributed by atoms with van der Waals surface area (Å²) >= 11 is 6.18. The number of hydrogen-bond donors (Lipinski definition) is 0. The maximum Gasteiger partial charge on any atom is 0.337 e. The van der Waals surface area contributed by atoms with E-state index in [9.17, 15) is 18.0 Å². The Morgan fingerprint density at radius 2 is 1.79 bits per heavy atom. The molecule has 0 saturated carbocycles. The summed E-state index contributed by atoms with van der Waals surface area (Å²) < 4.78 is 37.8. The highest BCUT2D eigenvalue weighted by atomic mass is 35.5. The summed E-state index contributed by atoms with van der Waals surface area (Å²) in [5.41, 5.74) is 1.16. The zero-order valence-electron chi connectivity index (χ0n) is 18.7. The molecule has 0 spiro atoms. The number of methoxy groups -OCH3 is 1. The van der Waals surface area contributed by atoms with Crippen LogP contribution in [0.1, 0.15) is 48.0 Å². The Bertz CT molecular complexity index is 1080. The molecule has 33 heavy (non-hydrogen) atoms. The predicted molar refractivity (Wildman–Crippen MR) is 125 cm³/mol. The summed E-state index contributed by atoms with van der Waals surface area (Å²) in [6.07, 6.45) is 1.43. The molecule has 7 nitrogen and oxygen atoms in total. The molecule has 2 aromatic rings. The van der Waals surface area contributed by atoms with Gasteiger partial charge in [-0.05, 0) is 55.4 Å². The second kappa shape index (κ2) is 11.1. The van der Waals surface area contributed by atoms with Crippen molar-refractivity contribution in [2.24, 2.45) is 5.92 Å². The molecule has 0 bridgehead atoms. The number of carbonyl (C=O) groups is 2. The molecule has 0 N–H and O–H groups in total. The van der Waals surface area contributed by atoms with E-state index in [2.05, 4.69) is 0 Å². The highest BCUT2D eigenvalue weighted by Gasteiger charge is 2.35. The van der Waals surface area contributed by atoms with Crippen molar-refractivity contribution in [3.63, 3.8) is 0 Å². The topological polar surface area (TPSA) is 90.0 Å². The fourth-order valence-electron chi connectivity index (χ4n) is 4.26. The average Bonchev–Trinajstić information content (AvgIpc) is 2.83. The average molecular weight is 494 g/mol. The Morgan fingerprint density at radius 3 is 2.39 bits per heavy atom. The van der Waals surface area contributed by atoms with Gasteiger partial charge in [0.25, 0.3) is 0 Å². The molecule has 9 heteroatoms. The monoisotopic (exact) mass is 493 g/mol. The lowest BCUT2D eigenvalue weighted by molar-refractivity contribution is -0.144. The number of hydrogen-bond acceptors (Lipinski definition) is 6. The second-order valence-corrected chi connectivity index (χ2v) is 10.2. The van der Waals surface area contributed by atoms with Crippen LogP contribution < -0.4 is 0 Å². The van der Waals surface area contributed by atoms with Crippen molar-refractivity contribution < 1.29 is 27.5 Å². The molecule has 1 atom stereocenters. The number of halogens is 1. The molecule has 3 rings (SSSR count). The van der Waals surface area contributed by atoms with Crippen molar-refractivity contribution >= 4 is 33.6 Å². The maximum atomic E-state index is 13.3. The largest absolute Gasteiger partial charge is 0.466 e. The van der Waals surface area contributed by atoms with Gasteiger partial charge in [0.05, 0.1) is 30.7 Å². The molecule has 2 aromatic carbocycles. The minimum Gasteiger partial charge on any atom is -0.466 e. The van der Waals surface area contributed by atoms with Crippen LogP contribution in [0.15, 0.2) is 53.4 Å². The van der Waals surface area contributed by atoms with E-state index < -0.39 is 16.0 Å². The van der Waals surface area contributed by atoms with Gasteiger partial charge < -0.3 is 9.47 Å². The van der Waals surface area contributed by atoms with Crippen molar-refractivity contribution in [2.75, 3.05) is 26.8 Å². The molecule has 1 saturated heterocycles. The van der Waals surface area contributed by atoms with Gasteiger partial charge in [-0.2, -0.15) is 4.31 Å². The minimum atomic E-state index is -3.90. The number of sulfonamides is 1. The SMILES string of the molecule is CCOC(=O)C[C@H](c1ccccc1)C1CCN(S(=O)(=O)c2cc(C(=O)OC)ccc2Cl)CC1. The summed E-state index contributed by atoms with van der Waals surface area (Å²) in [4.78, 5) is 24.0. The van der Waals surface area contributed by atoms with Crippen LogP contribution in [0.2, 0.25) is 5.02 Å². The van der Waals surface area contributed by atoms with Crippen LogP contribution in [0, 0.1) is 5.92 Å². The van der Waals surface area contributed by atoms with Crippen LogP contribution in [-0.4, -0.2) is 51.5 Å². The lowest BCUT2D eigenvalue weighted by Crippen LogP contribution is -2.40. The van der Waals surface area contributed by atoms with Gasteiger partial charge in [0.2, 0.25) is 10.0 Å². The smallest absolute Gasteiger partial charge is 0.337 e. The van der Waals surface area contributed by atoms with E-state index in [1.807, 2.05) is 30.3 Å². The zero-order chi connectivity index (χ0) is 24.0. The summed E-state index contributed by atoms with van der Waals surface area (Å²) in [5, 5.41) is 0.0502. The van der Waals surface area contributed by atoms with E-state index in [1.165, 1.54) is 29.6 Å². The van der Waals surface area contributed by atoms with Gasteiger partial charge in [-0.15, -0.1) is 0 Å². The molecule has 1 fully saturated rings. The molecule has 1 aliphatic heterocycles. The van der Waals surface area contributed by atoms with Crippen molar-refractivity contribution in [1.82, 2.24) is 4.31 Å². The van der Waals surface area contributed by atoms with Gasteiger partial charge in [0, 0.05) is 13.1 Å². The van der Waals surface area contributed by atoms with Crippen LogP contribution in [0.5, 0.6) is 0 Å². The number of esters is 2. The highest BCUT2D eigenvalue weighted by Crippen LogP contribution is 2.37. The number of piperidine rings is 1. The molecule has 0 unspecified atom stereocenters. The lowest BCUT2D eigenvalue weighted by atomic mass is 9.78. The molecular formula is C24H28ClNO6S. The van der Waals surface area contributed by atoms with E-state index in [0.717, 1.165) is 5.56 Å². The quantitative estimate of drug-likeness (QED) is 0.510. The minimum absolute atomic E-state index is 0.0502. The summed E-state index contributed by atoms with van der Waals surface area (Å²) in [5.74, 6) is -0.819. The van der Waals surface area contributed by atoms with E-state index in [-0.39, 0.29) is 52.8 Å². The van der Waals surface area contributed by atoms with Crippen molar-refractivity contribution in [1.29, 1.82) is 0 Å². The third kappa shape index (κ3) is 5.93. The standard InChI is InChI=1S/C24H28ClNO6S/c1-3-32-23(27)16-20(17-7-5-4-6-8-17)18-11-13-26(14-12-18)33(29,30)22-15-19(24(28)31-2)9-10-21(22)25/h4-10,15,18,20H,3,11-14,16H2,1-2H3/t20-/m1/s1. The Balaban J connectivity index is 1.78. The molecule has 1 heterocycles. The Kier molecular flexibility index (Phi) is 8.51. The Labute approximate surface area is 199 Å². The first-order chi connectivity index (χ1) is 15.8. The van der Waals surface area contributed by atoms with Gasteiger partial charge in [-0.25, -0.2) is 13.2 Å². The normalized spacial score (nSPS) is 16.2. The van der Waals surface area contributed by atoms with Gasteiger partial charge in [0.1, 0.15) is 4.90 Å². The maximum absolute atomic E-state index is 13.3. The van der Waals surface area contributed by atoms with Crippen LogP contribution in [0.4, 0.5) is 0 Å². The first-order valence-electron chi connectivity index (χ1n) is 10.9. The third-order valence-electron chi connectivity index (χ3n) is 5.96. The van der Waals surface area contributed by atoms with E-state index >= 15 is 0 Å². The van der Waals surface area contributed by atoms with Crippen LogP contribution in [0.3, 0.4) is 0 Å². The molecule has 0 radical (unpaired) electrons. The van der Waals surface area contributed by atoms with E-state index in [1.54, 1.807) is 6.92 Å². The van der Waals surface area contributed by atoms with Gasteiger partial charge in [-0.3, -0.25) is 4.79 Å². The zero-order valence-corrected chi connectivity index (χ0v) is 20.3. The Hall–Kier alpha value is -2.42. The fourth-order valence-corrected chi connectivity index (χ4v) is 6.23. The molecule has 0 aliphatic carbocycles. The van der Waals surface area contributed by atoms with Crippen LogP contribution in [0.25, 0.3) is 0 Å². The number of nitrogens with zero attached hydrogens (tertiary/aromatic N) is 1. The fraction of sp³-hybridized carbons (Fsp3) is 0.417. The third-order valence-corrected chi connectivity index (χ3v) is 8.34. The predicted octanol–water partition coefficient (Wildman–Crippen LogP) is 4.26. The highest BCUT2D eigenvalue weighted by molar-refractivity contribution is 7.89. The molecule has 178 valence electrons. The van der Waals surface area contributed by atoms with Crippen molar-refractivity contribution in [2.45, 2.75) is 37.0 Å². The van der Waals surface area contributed by atoms with Gasteiger partial charge in [-0.1, -0.05) is 41.9 Å². The number of carbonyl (C=O) groups excluding carboxylic acids is 2. The van der Waals surface area contributed by atoms with Gasteiger partial charge >= 0.3 is 11.9 Å². The molecule has 1 aliphatic rings. The first kappa shape index (κ1) is 25.2. The van der Waals surface area contributed by atoms with Gasteiger partial charge in [0.15, 0.2) is 0 Å². The molecule has 0 aromatic heterocycles. The lowest BCUT2D eigenvalue weighted by Gasteiger charge is -2.35. The number of benzene rings is 2. The molecule has 0 amide bonds. The summed E-state index contributed by atoms with van der Waals surface area (Å²) in [7, 11) is -2.67. The van der Waals surface area contributed by atoms with E-state index in [4.69, 9.17) is 21.1 Å². The number of ether oxygens (including phenoxy) is 2. The Morgan fingerprint density at radius 1 is 1.12 bits per heavy atom. The van der Waals surface area contributed by atoms with Crippen molar-refractivity contribution in [3.05, 3.63) is 64.7 Å². The van der Waals surface area contributed by atoms with Crippen LogP contribution >= 0.6 is 11.6 Å². The first-order valence-corrected chi connectivity index (χ1v) is 12.7.